The molecule has 24 heavy (non-hydrogen) atoms. The zero-order valence-electron chi connectivity index (χ0n) is 13.7. The maximum Gasteiger partial charge on any atom is 0.279 e. The van der Waals surface area contributed by atoms with Gasteiger partial charge in [0.1, 0.15) is 18.1 Å². The first-order valence-corrected chi connectivity index (χ1v) is 8.52. The highest BCUT2D eigenvalue weighted by Crippen LogP contribution is 2.16. The maximum absolute atomic E-state index is 14.0. The summed E-state index contributed by atoms with van der Waals surface area (Å²) < 4.78 is 19.8. The second-order valence-electron chi connectivity index (χ2n) is 5.47. The number of ether oxygens (including phenoxy) is 1. The molecule has 0 saturated heterocycles. The second-order valence-corrected chi connectivity index (χ2v) is 6.39. The largest absolute Gasteiger partial charge is 0.497 e. The fourth-order valence-corrected chi connectivity index (χ4v) is 2.71. The quantitative estimate of drug-likeness (QED) is 0.756. The van der Waals surface area contributed by atoms with Crippen molar-refractivity contribution in [2.45, 2.75) is 13.5 Å². The van der Waals surface area contributed by atoms with E-state index in [2.05, 4.69) is 21.2 Å². The molecule has 0 spiro atoms. The summed E-state index contributed by atoms with van der Waals surface area (Å²) in [7, 11) is 1.58. The molecule has 0 bridgehead atoms. The molecule has 0 saturated carbocycles. The number of carbonyl (C=O) groups excluding carboxylic acids is 1. The van der Waals surface area contributed by atoms with E-state index in [1.54, 1.807) is 25.3 Å². The number of rotatable bonds is 7. The summed E-state index contributed by atoms with van der Waals surface area (Å²) in [4.78, 5) is 13.2. The molecule has 1 atom stereocenters. The van der Waals surface area contributed by atoms with Gasteiger partial charge in [-0.1, -0.05) is 22.0 Å². The van der Waals surface area contributed by atoms with Crippen LogP contribution < -0.4 is 15.0 Å². The third-order valence-electron chi connectivity index (χ3n) is 3.72. The smallest absolute Gasteiger partial charge is 0.279 e. The van der Waals surface area contributed by atoms with E-state index in [-0.39, 0.29) is 18.3 Å². The lowest BCUT2D eigenvalue weighted by atomic mass is 10.2. The highest BCUT2D eigenvalue weighted by Gasteiger charge is 2.16. The predicted octanol–water partition coefficient (Wildman–Crippen LogP) is 2.64. The van der Waals surface area contributed by atoms with Gasteiger partial charge < -0.3 is 15.0 Å². The van der Waals surface area contributed by atoms with Crippen LogP contribution >= 0.6 is 15.9 Å². The lowest BCUT2D eigenvalue weighted by molar-refractivity contribution is -0.904. The number of halogens is 2. The van der Waals surface area contributed by atoms with Gasteiger partial charge in [0.15, 0.2) is 6.54 Å². The van der Waals surface area contributed by atoms with Crippen molar-refractivity contribution in [2.75, 3.05) is 25.5 Å². The Bertz CT molecular complexity index is 709. The lowest BCUT2D eigenvalue weighted by Crippen LogP contribution is -3.11. The summed E-state index contributed by atoms with van der Waals surface area (Å²) in [5.74, 6) is 0.311. The molecule has 0 fully saturated rings. The third-order valence-corrected chi connectivity index (χ3v) is 4.21. The van der Waals surface area contributed by atoms with E-state index in [0.717, 1.165) is 11.4 Å². The maximum atomic E-state index is 14.0. The summed E-state index contributed by atoms with van der Waals surface area (Å²) in [5, 5.41) is 2.85. The molecule has 2 rings (SSSR count). The lowest BCUT2D eigenvalue weighted by Gasteiger charge is -2.18. The summed E-state index contributed by atoms with van der Waals surface area (Å²) in [6.45, 7) is 3.43. The Morgan fingerprint density at radius 3 is 2.75 bits per heavy atom. The first kappa shape index (κ1) is 18.4. The SMILES string of the molecule is CC[NH+](CC(=O)Nc1cccc(OC)c1)Cc1ccc(Br)cc1F. The molecule has 2 aromatic rings. The van der Waals surface area contributed by atoms with Gasteiger partial charge in [0.25, 0.3) is 5.91 Å². The van der Waals surface area contributed by atoms with Gasteiger partial charge in [-0.05, 0) is 37.3 Å². The van der Waals surface area contributed by atoms with Crippen molar-refractivity contribution >= 4 is 27.5 Å². The molecular formula is C18H21BrFN2O2+. The number of nitrogens with one attached hydrogen (secondary N) is 2. The van der Waals surface area contributed by atoms with Gasteiger partial charge in [-0.15, -0.1) is 0 Å². The number of hydrogen-bond acceptors (Lipinski definition) is 2. The van der Waals surface area contributed by atoms with Crippen molar-refractivity contribution in [1.82, 2.24) is 0 Å². The van der Waals surface area contributed by atoms with Crippen molar-refractivity contribution in [3.05, 3.63) is 58.3 Å². The molecule has 0 aromatic heterocycles. The predicted molar refractivity (Wildman–Crippen MR) is 95.8 cm³/mol. The summed E-state index contributed by atoms with van der Waals surface area (Å²) in [6, 6.07) is 12.2. The fraction of sp³-hybridized carbons (Fsp3) is 0.278. The summed E-state index contributed by atoms with van der Waals surface area (Å²) >= 11 is 3.25. The van der Waals surface area contributed by atoms with Gasteiger partial charge >= 0.3 is 0 Å². The van der Waals surface area contributed by atoms with Crippen LogP contribution in [0.1, 0.15) is 12.5 Å². The van der Waals surface area contributed by atoms with E-state index in [9.17, 15) is 9.18 Å². The van der Waals surface area contributed by atoms with Crippen molar-refractivity contribution < 1.29 is 18.8 Å². The normalized spacial score (nSPS) is 11.8. The monoisotopic (exact) mass is 395 g/mol. The van der Waals surface area contributed by atoms with Crippen LogP contribution in [-0.4, -0.2) is 26.1 Å². The number of carbonyl (C=O) groups is 1. The Morgan fingerprint density at radius 1 is 1.29 bits per heavy atom. The molecule has 2 aromatic carbocycles. The van der Waals surface area contributed by atoms with Gasteiger partial charge in [0.05, 0.1) is 13.7 Å². The number of hydrogen-bond donors (Lipinski definition) is 2. The first-order chi connectivity index (χ1) is 11.5. The highest BCUT2D eigenvalue weighted by atomic mass is 79.9. The van der Waals surface area contributed by atoms with Crippen LogP contribution in [0.4, 0.5) is 10.1 Å². The van der Waals surface area contributed by atoms with E-state index in [1.165, 1.54) is 6.07 Å². The molecule has 1 amide bonds. The number of quaternary nitrogens is 1. The molecule has 0 aliphatic heterocycles. The molecular weight excluding hydrogens is 375 g/mol. The van der Waals surface area contributed by atoms with Crippen LogP contribution in [0.5, 0.6) is 5.75 Å². The Hall–Kier alpha value is -1.92. The Balaban J connectivity index is 1.97. The molecule has 1 unspecified atom stereocenters. The van der Waals surface area contributed by atoms with E-state index in [4.69, 9.17) is 4.74 Å². The fourth-order valence-electron chi connectivity index (χ4n) is 2.38. The van der Waals surface area contributed by atoms with Gasteiger partial charge in [-0.25, -0.2) is 4.39 Å². The summed E-state index contributed by atoms with van der Waals surface area (Å²) in [6.07, 6.45) is 0. The molecule has 2 N–H and O–H groups in total. The summed E-state index contributed by atoms with van der Waals surface area (Å²) in [5.41, 5.74) is 1.29. The van der Waals surface area contributed by atoms with Crippen molar-refractivity contribution in [2.24, 2.45) is 0 Å². The standard InChI is InChI=1S/C18H20BrFN2O2/c1-3-22(11-13-7-8-14(19)9-17(13)20)12-18(23)21-15-5-4-6-16(10-15)24-2/h4-10H,3,11-12H2,1-2H3,(H,21,23)/p+1. The topological polar surface area (TPSA) is 42.8 Å². The molecule has 128 valence electrons. The second kappa shape index (κ2) is 8.80. The van der Waals surface area contributed by atoms with E-state index >= 15 is 0 Å². The highest BCUT2D eigenvalue weighted by molar-refractivity contribution is 9.10. The molecule has 6 heteroatoms. The molecule has 0 radical (unpaired) electrons. The number of methoxy groups -OCH3 is 1. The zero-order chi connectivity index (χ0) is 17.5. The van der Waals surface area contributed by atoms with Crippen molar-refractivity contribution in [3.63, 3.8) is 0 Å². The van der Waals surface area contributed by atoms with Gasteiger partial charge in [-0.2, -0.15) is 0 Å². The van der Waals surface area contributed by atoms with Crippen LogP contribution in [0.3, 0.4) is 0 Å². The Morgan fingerprint density at radius 2 is 2.08 bits per heavy atom. The Labute approximate surface area is 149 Å². The van der Waals surface area contributed by atoms with Crippen LogP contribution in [0.15, 0.2) is 46.9 Å². The van der Waals surface area contributed by atoms with E-state index in [0.29, 0.717) is 28.0 Å². The minimum Gasteiger partial charge on any atom is -0.497 e. The molecule has 0 aliphatic rings. The number of likely N-dealkylation sites (N-methyl/N-ethyl adjacent to an activating group) is 1. The van der Waals surface area contributed by atoms with Crippen LogP contribution in [-0.2, 0) is 11.3 Å². The minimum atomic E-state index is -0.261. The van der Waals surface area contributed by atoms with Crippen molar-refractivity contribution in [1.29, 1.82) is 0 Å². The molecule has 4 nitrogen and oxygen atoms in total. The van der Waals surface area contributed by atoms with Gasteiger partial charge in [0, 0.05) is 21.8 Å². The average Bonchev–Trinajstić information content (AvgIpc) is 2.56. The molecule has 0 heterocycles. The van der Waals surface area contributed by atoms with Crippen molar-refractivity contribution in [3.8, 4) is 5.75 Å². The first-order valence-electron chi connectivity index (χ1n) is 7.73. The Kier molecular flexibility index (Phi) is 6.75. The molecule has 0 aliphatic carbocycles. The van der Waals surface area contributed by atoms with Crippen LogP contribution in [0.2, 0.25) is 0 Å². The minimum absolute atomic E-state index is 0.113. The number of benzene rings is 2. The number of amides is 1. The zero-order valence-corrected chi connectivity index (χ0v) is 15.3. The number of anilines is 1. The average molecular weight is 396 g/mol. The van der Waals surface area contributed by atoms with Crippen LogP contribution in [0, 0.1) is 5.82 Å². The van der Waals surface area contributed by atoms with E-state index < -0.39 is 0 Å². The van der Waals surface area contributed by atoms with Gasteiger partial charge in [0.2, 0.25) is 0 Å². The van der Waals surface area contributed by atoms with Gasteiger partial charge in [-0.3, -0.25) is 4.79 Å². The van der Waals surface area contributed by atoms with E-state index in [1.807, 2.05) is 25.1 Å². The van der Waals surface area contributed by atoms with Crippen LogP contribution in [0.25, 0.3) is 0 Å². The third kappa shape index (κ3) is 5.32.